The van der Waals surface area contributed by atoms with Crippen molar-refractivity contribution >= 4 is 33.5 Å². The minimum absolute atomic E-state index is 0.0493. The quantitative estimate of drug-likeness (QED) is 0.396. The fourth-order valence-corrected chi connectivity index (χ4v) is 3.56. The molecule has 1 atom stereocenters. The zero-order chi connectivity index (χ0) is 17.8. The molecule has 2 aromatic carbocycles. The molecule has 0 aliphatic heterocycles. The highest BCUT2D eigenvalue weighted by Crippen LogP contribution is 2.31. The molecule has 1 aromatic heterocycles. The first-order valence-electron chi connectivity index (χ1n) is 7.96. The van der Waals surface area contributed by atoms with E-state index in [0.717, 1.165) is 16.5 Å². The number of Topliss-reactive ketones (excluding diaryl/α,β-unsaturated/α-hetero) is 1. The van der Waals surface area contributed by atoms with Gasteiger partial charge in [-0.1, -0.05) is 55.1 Å². The molecule has 0 radical (unpaired) electrons. The van der Waals surface area contributed by atoms with E-state index in [9.17, 15) is 4.79 Å². The minimum atomic E-state index is -0.306. The molecular weight excluding hydrogens is 400 g/mol. The van der Waals surface area contributed by atoms with E-state index >= 15 is 0 Å². The predicted octanol–water partition coefficient (Wildman–Crippen LogP) is 5.43. The molecule has 3 aromatic rings. The molecule has 25 heavy (non-hydrogen) atoms. The summed E-state index contributed by atoms with van der Waals surface area (Å²) in [5.41, 5.74) is 2.74. The number of carbonyl (C=O) groups is 1. The van der Waals surface area contributed by atoms with Gasteiger partial charge in [0, 0.05) is 10.0 Å². The van der Waals surface area contributed by atoms with Crippen molar-refractivity contribution in [1.82, 2.24) is 10.2 Å². The lowest BCUT2D eigenvalue weighted by Crippen LogP contribution is -2.13. The van der Waals surface area contributed by atoms with E-state index < -0.39 is 0 Å². The van der Waals surface area contributed by atoms with Gasteiger partial charge in [0.05, 0.1) is 10.8 Å². The highest BCUT2D eigenvalue weighted by Gasteiger charge is 2.20. The zero-order valence-corrected chi connectivity index (χ0v) is 16.3. The van der Waals surface area contributed by atoms with Gasteiger partial charge in [0.1, 0.15) is 0 Å². The summed E-state index contributed by atoms with van der Waals surface area (Å²) in [4.78, 5) is 12.6. The van der Waals surface area contributed by atoms with Crippen molar-refractivity contribution in [2.45, 2.75) is 30.7 Å². The van der Waals surface area contributed by atoms with Crippen LogP contribution in [0.25, 0.3) is 11.5 Å². The van der Waals surface area contributed by atoms with Crippen molar-refractivity contribution in [3.8, 4) is 11.5 Å². The molecule has 0 spiro atoms. The topological polar surface area (TPSA) is 56.0 Å². The van der Waals surface area contributed by atoms with E-state index in [1.165, 1.54) is 17.3 Å². The average molecular weight is 417 g/mol. The third-order valence-corrected chi connectivity index (χ3v) is 5.43. The van der Waals surface area contributed by atoms with Crippen LogP contribution in [-0.4, -0.2) is 21.2 Å². The maximum absolute atomic E-state index is 12.6. The standard InChI is InChI=1S/C19H17BrN2O2S/c1-3-13-8-10-14(11-9-13)17(23)12(2)25-19-22-21-18(24-19)15-6-4-5-7-16(15)20/h4-12H,3H2,1-2H3/t12-/m0/s1. The summed E-state index contributed by atoms with van der Waals surface area (Å²) < 4.78 is 6.59. The molecule has 0 saturated heterocycles. The number of rotatable bonds is 6. The first kappa shape index (κ1) is 17.9. The molecule has 3 rings (SSSR count). The molecule has 0 saturated carbocycles. The van der Waals surface area contributed by atoms with Crippen LogP contribution < -0.4 is 0 Å². The van der Waals surface area contributed by atoms with Gasteiger partial charge in [-0.2, -0.15) is 0 Å². The lowest BCUT2D eigenvalue weighted by molar-refractivity contribution is 0.0993. The smallest absolute Gasteiger partial charge is 0.277 e. The summed E-state index contributed by atoms with van der Waals surface area (Å²) in [7, 11) is 0. The molecule has 0 bridgehead atoms. The van der Waals surface area contributed by atoms with Crippen LogP contribution in [0.3, 0.4) is 0 Å². The van der Waals surface area contributed by atoms with E-state index in [-0.39, 0.29) is 11.0 Å². The van der Waals surface area contributed by atoms with Crippen molar-refractivity contribution in [3.63, 3.8) is 0 Å². The largest absolute Gasteiger partial charge is 0.411 e. The number of carbonyl (C=O) groups excluding carboxylic acids is 1. The van der Waals surface area contributed by atoms with Crippen molar-refractivity contribution < 1.29 is 9.21 Å². The summed E-state index contributed by atoms with van der Waals surface area (Å²) in [6.45, 7) is 3.94. The van der Waals surface area contributed by atoms with Gasteiger partial charge in [0.15, 0.2) is 5.78 Å². The monoisotopic (exact) mass is 416 g/mol. The summed E-state index contributed by atoms with van der Waals surface area (Å²) in [6.07, 6.45) is 0.957. The number of halogens is 1. The Balaban J connectivity index is 1.71. The lowest BCUT2D eigenvalue weighted by atomic mass is 10.1. The van der Waals surface area contributed by atoms with E-state index in [1.807, 2.05) is 55.5 Å². The Morgan fingerprint density at radius 1 is 1.16 bits per heavy atom. The normalized spacial score (nSPS) is 12.1. The van der Waals surface area contributed by atoms with Gasteiger partial charge >= 0.3 is 0 Å². The summed E-state index contributed by atoms with van der Waals surface area (Å²) in [6, 6.07) is 15.4. The maximum Gasteiger partial charge on any atom is 0.277 e. The number of hydrogen-bond acceptors (Lipinski definition) is 5. The predicted molar refractivity (Wildman–Crippen MR) is 103 cm³/mol. The molecule has 0 aliphatic rings. The molecule has 4 nitrogen and oxygen atoms in total. The fourth-order valence-electron chi connectivity index (χ4n) is 2.35. The molecule has 128 valence electrons. The van der Waals surface area contributed by atoms with Gasteiger partial charge in [-0.3, -0.25) is 4.79 Å². The molecule has 0 fully saturated rings. The highest BCUT2D eigenvalue weighted by atomic mass is 79.9. The third kappa shape index (κ3) is 4.19. The molecule has 0 aliphatic carbocycles. The van der Waals surface area contributed by atoms with Crippen molar-refractivity contribution in [2.24, 2.45) is 0 Å². The Morgan fingerprint density at radius 3 is 2.56 bits per heavy atom. The summed E-state index contributed by atoms with van der Waals surface area (Å²) >= 11 is 4.74. The second-order valence-electron chi connectivity index (χ2n) is 5.53. The van der Waals surface area contributed by atoms with Crippen LogP contribution >= 0.6 is 27.7 Å². The second kappa shape index (κ2) is 7.97. The summed E-state index contributed by atoms with van der Waals surface area (Å²) in [5, 5.41) is 8.21. The Bertz CT molecular complexity index is 877. The number of thioether (sulfide) groups is 1. The van der Waals surface area contributed by atoms with Gasteiger partial charge in [-0.05, 0) is 47.0 Å². The molecule has 6 heteroatoms. The van der Waals surface area contributed by atoms with E-state index in [2.05, 4.69) is 33.1 Å². The number of aryl methyl sites for hydroxylation is 1. The van der Waals surface area contributed by atoms with Gasteiger partial charge in [0.25, 0.3) is 5.22 Å². The molecule has 0 amide bonds. The van der Waals surface area contributed by atoms with Crippen LogP contribution in [0, 0.1) is 0 Å². The first-order valence-corrected chi connectivity index (χ1v) is 9.64. The average Bonchev–Trinajstić information content (AvgIpc) is 3.09. The first-order chi connectivity index (χ1) is 12.1. The molecule has 0 N–H and O–H groups in total. The SMILES string of the molecule is CCc1ccc(C(=O)[C@H](C)Sc2nnc(-c3ccccc3Br)o2)cc1. The summed E-state index contributed by atoms with van der Waals surface area (Å²) in [5.74, 6) is 0.482. The Kier molecular flexibility index (Phi) is 5.71. The van der Waals surface area contributed by atoms with Crippen LogP contribution in [0.2, 0.25) is 0 Å². The van der Waals surface area contributed by atoms with Crippen LogP contribution in [-0.2, 0) is 6.42 Å². The Hall–Kier alpha value is -1.92. The molecule has 1 heterocycles. The third-order valence-electron chi connectivity index (χ3n) is 3.80. The Morgan fingerprint density at radius 2 is 1.88 bits per heavy atom. The van der Waals surface area contributed by atoms with E-state index in [1.54, 1.807) is 0 Å². The minimum Gasteiger partial charge on any atom is -0.411 e. The maximum atomic E-state index is 12.6. The number of aromatic nitrogens is 2. The number of benzene rings is 2. The van der Waals surface area contributed by atoms with Crippen LogP contribution in [0.4, 0.5) is 0 Å². The second-order valence-corrected chi connectivity index (χ2v) is 7.67. The fraction of sp³-hybridized carbons (Fsp3) is 0.211. The van der Waals surface area contributed by atoms with E-state index in [0.29, 0.717) is 16.7 Å². The number of ketones is 1. The van der Waals surface area contributed by atoms with Gasteiger partial charge < -0.3 is 4.42 Å². The number of hydrogen-bond donors (Lipinski definition) is 0. The van der Waals surface area contributed by atoms with Gasteiger partial charge in [0.2, 0.25) is 5.89 Å². The van der Waals surface area contributed by atoms with Crippen LogP contribution in [0.5, 0.6) is 0 Å². The van der Waals surface area contributed by atoms with Crippen LogP contribution in [0.1, 0.15) is 29.8 Å². The lowest BCUT2D eigenvalue weighted by Gasteiger charge is -2.08. The van der Waals surface area contributed by atoms with Gasteiger partial charge in [-0.25, -0.2) is 0 Å². The Labute approximate surface area is 159 Å². The van der Waals surface area contributed by atoms with Crippen molar-refractivity contribution in [1.29, 1.82) is 0 Å². The van der Waals surface area contributed by atoms with Crippen molar-refractivity contribution in [3.05, 3.63) is 64.1 Å². The molecule has 0 unspecified atom stereocenters. The molecular formula is C19H17BrN2O2S. The number of nitrogens with zero attached hydrogens (tertiary/aromatic N) is 2. The highest BCUT2D eigenvalue weighted by molar-refractivity contribution is 9.10. The zero-order valence-electron chi connectivity index (χ0n) is 13.9. The van der Waals surface area contributed by atoms with Gasteiger partial charge in [-0.15, -0.1) is 10.2 Å². The van der Waals surface area contributed by atoms with Crippen LogP contribution in [0.15, 0.2) is 62.6 Å². The van der Waals surface area contributed by atoms with Crippen molar-refractivity contribution in [2.75, 3.05) is 0 Å². The van der Waals surface area contributed by atoms with E-state index in [4.69, 9.17) is 4.42 Å².